The van der Waals surface area contributed by atoms with Gasteiger partial charge in [-0.1, -0.05) is 0 Å². The second kappa shape index (κ2) is 7.91. The predicted molar refractivity (Wildman–Crippen MR) is 48.5 cm³/mol. The zero-order chi connectivity index (χ0) is 16.2. The highest BCUT2D eigenvalue weighted by molar-refractivity contribution is 4.92. The molecule has 11 heteroatoms. The van der Waals surface area contributed by atoms with Crippen LogP contribution in [0.15, 0.2) is 0 Å². The van der Waals surface area contributed by atoms with Gasteiger partial charge in [0.15, 0.2) is 49.5 Å². The van der Waals surface area contributed by atoms with E-state index in [1.165, 1.54) is 0 Å². The quantitative estimate of drug-likeness (QED) is 0.530. The summed E-state index contributed by atoms with van der Waals surface area (Å²) >= 11 is 0. The van der Waals surface area contributed by atoms with E-state index in [0.717, 1.165) is 0 Å². The van der Waals surface area contributed by atoms with E-state index in [2.05, 4.69) is 0 Å². The van der Waals surface area contributed by atoms with Gasteiger partial charge in [-0.3, -0.25) is 0 Å². The van der Waals surface area contributed by atoms with Gasteiger partial charge in [0, 0.05) is 0 Å². The molecule has 0 heterocycles. The lowest BCUT2D eigenvalue weighted by atomic mass is 9.99. The van der Waals surface area contributed by atoms with Crippen molar-refractivity contribution in [3.8, 4) is 0 Å². The largest absolute Gasteiger partial charge is 0.366 e. The fraction of sp³-hybridized carbons (Fsp3) is 1.00. The molecule has 0 amide bonds. The van der Waals surface area contributed by atoms with E-state index >= 15 is 0 Å². The molecule has 0 rings (SSSR count). The molecule has 2 N–H and O–H groups in total. The number of aliphatic hydroxyl groups excluding tert-OH is 1. The average molecular weight is 322 g/mol. The number of halogens is 9. The molecule has 0 saturated carbocycles. The molecule has 122 valence electrons. The van der Waals surface area contributed by atoms with Crippen LogP contribution in [0.25, 0.3) is 0 Å². The van der Waals surface area contributed by atoms with Crippen molar-refractivity contribution >= 4 is 0 Å². The molecule has 0 saturated heterocycles. The van der Waals surface area contributed by atoms with Gasteiger partial charge in [-0.25, -0.2) is 39.5 Å². The monoisotopic (exact) mass is 322 g/mol. The van der Waals surface area contributed by atoms with E-state index in [-0.39, 0.29) is 0 Å². The maximum atomic E-state index is 13.0. The third-order valence-corrected chi connectivity index (χ3v) is 2.35. The Morgan fingerprint density at radius 2 is 0.650 bits per heavy atom. The summed E-state index contributed by atoms with van der Waals surface area (Å²) in [5.41, 5.74) is 0. The Morgan fingerprint density at radius 1 is 0.400 bits per heavy atom. The molecule has 20 heavy (non-hydrogen) atoms. The van der Waals surface area contributed by atoms with Crippen molar-refractivity contribution in [3.05, 3.63) is 0 Å². The molecule has 0 fully saturated rings. The van der Waals surface area contributed by atoms with Gasteiger partial charge in [-0.15, -0.1) is 0 Å². The summed E-state index contributed by atoms with van der Waals surface area (Å²) in [7, 11) is 0. The van der Waals surface area contributed by atoms with Crippen molar-refractivity contribution < 1.29 is 49.7 Å². The molecule has 7 unspecified atom stereocenters. The highest BCUT2D eigenvalue weighted by atomic mass is 19.3. The van der Waals surface area contributed by atoms with Gasteiger partial charge in [-0.05, 0) is 0 Å². The van der Waals surface area contributed by atoms with Crippen molar-refractivity contribution in [2.75, 3.05) is 0 Å². The lowest BCUT2D eigenvalue weighted by Crippen LogP contribution is -2.48. The standard InChI is InChI=1S/C9H11F9O2/c10-1(2(11)4(13)6(15)8(17)18)3(12)5(14)7(16)9(19)20/h1-9,19-20H. The predicted octanol–water partition coefficient (Wildman–Crippen LogP) is 1.93. The Bertz CT molecular complexity index is 254. The van der Waals surface area contributed by atoms with Crippen molar-refractivity contribution in [2.24, 2.45) is 0 Å². The summed E-state index contributed by atoms with van der Waals surface area (Å²) in [6.07, 6.45) is -33.0. The molecule has 2 nitrogen and oxygen atoms in total. The van der Waals surface area contributed by atoms with Crippen LogP contribution in [0.1, 0.15) is 0 Å². The summed E-state index contributed by atoms with van der Waals surface area (Å²) < 4.78 is 113. The summed E-state index contributed by atoms with van der Waals surface area (Å²) in [5.74, 6) is 0. The summed E-state index contributed by atoms with van der Waals surface area (Å²) in [5, 5.41) is 16.3. The van der Waals surface area contributed by atoms with Crippen LogP contribution in [0.3, 0.4) is 0 Å². The smallest absolute Gasteiger partial charge is 0.272 e. The minimum absolute atomic E-state index is 3.07. The Kier molecular flexibility index (Phi) is 7.63. The molecule has 0 aliphatic heterocycles. The Morgan fingerprint density at radius 3 is 0.900 bits per heavy atom. The van der Waals surface area contributed by atoms with Gasteiger partial charge in [0.1, 0.15) is 0 Å². The first-order valence-corrected chi connectivity index (χ1v) is 5.15. The number of alkyl halides is 9. The topological polar surface area (TPSA) is 40.5 Å². The summed E-state index contributed by atoms with van der Waals surface area (Å²) in [6, 6.07) is 0. The molecule has 0 spiro atoms. The van der Waals surface area contributed by atoms with E-state index in [1.54, 1.807) is 0 Å². The van der Waals surface area contributed by atoms with Crippen molar-refractivity contribution in [3.63, 3.8) is 0 Å². The van der Waals surface area contributed by atoms with Crippen LogP contribution < -0.4 is 0 Å². The van der Waals surface area contributed by atoms with Gasteiger partial charge in [-0.2, -0.15) is 0 Å². The van der Waals surface area contributed by atoms with Crippen LogP contribution in [0.2, 0.25) is 0 Å². The fourth-order valence-corrected chi connectivity index (χ4v) is 1.18. The van der Waals surface area contributed by atoms with Gasteiger partial charge in [0.05, 0.1) is 0 Å². The minimum atomic E-state index is -4.03. The summed E-state index contributed by atoms with van der Waals surface area (Å²) in [4.78, 5) is 0. The van der Waals surface area contributed by atoms with Gasteiger partial charge >= 0.3 is 0 Å². The molecule has 0 bridgehead atoms. The van der Waals surface area contributed by atoms with E-state index in [4.69, 9.17) is 10.2 Å². The van der Waals surface area contributed by atoms with Crippen molar-refractivity contribution in [1.29, 1.82) is 0 Å². The lowest BCUT2D eigenvalue weighted by Gasteiger charge is -2.25. The van der Waals surface area contributed by atoms with Crippen LogP contribution >= 0.6 is 0 Å². The Balaban J connectivity index is 4.75. The Hall–Kier alpha value is -0.710. The van der Waals surface area contributed by atoms with E-state index < -0.39 is 55.9 Å². The van der Waals surface area contributed by atoms with Crippen LogP contribution in [0, 0.1) is 0 Å². The first kappa shape index (κ1) is 19.3. The van der Waals surface area contributed by atoms with E-state index in [0.29, 0.717) is 0 Å². The third-order valence-electron chi connectivity index (χ3n) is 2.35. The van der Waals surface area contributed by atoms with Crippen molar-refractivity contribution in [1.82, 2.24) is 0 Å². The van der Waals surface area contributed by atoms with E-state index in [9.17, 15) is 39.5 Å². The van der Waals surface area contributed by atoms with Gasteiger partial charge in [0.2, 0.25) is 0 Å². The maximum absolute atomic E-state index is 13.0. The highest BCUT2D eigenvalue weighted by Crippen LogP contribution is 2.28. The number of hydrogen-bond donors (Lipinski definition) is 2. The molecule has 0 aliphatic rings. The maximum Gasteiger partial charge on any atom is 0.272 e. The third kappa shape index (κ3) is 4.69. The van der Waals surface area contributed by atoms with Crippen molar-refractivity contribution in [2.45, 2.75) is 55.9 Å². The van der Waals surface area contributed by atoms with Crippen LogP contribution in [0.4, 0.5) is 39.5 Å². The zero-order valence-electron chi connectivity index (χ0n) is 9.49. The minimum Gasteiger partial charge on any atom is -0.366 e. The first-order chi connectivity index (χ1) is 9.02. The van der Waals surface area contributed by atoms with Gasteiger partial charge in [0.25, 0.3) is 6.43 Å². The highest BCUT2D eigenvalue weighted by Gasteiger charge is 2.48. The van der Waals surface area contributed by atoms with Gasteiger partial charge < -0.3 is 10.2 Å². The average Bonchev–Trinajstić information content (AvgIpc) is 2.40. The zero-order valence-corrected chi connectivity index (χ0v) is 9.49. The molecule has 0 radical (unpaired) electrons. The Labute approximate surface area is 107 Å². The van der Waals surface area contributed by atoms with Crippen LogP contribution in [0.5, 0.6) is 0 Å². The first-order valence-electron chi connectivity index (χ1n) is 5.15. The van der Waals surface area contributed by atoms with Crippen LogP contribution in [-0.4, -0.2) is 66.1 Å². The molecular weight excluding hydrogens is 311 g/mol. The van der Waals surface area contributed by atoms with E-state index in [1.807, 2.05) is 0 Å². The fourth-order valence-electron chi connectivity index (χ4n) is 1.18. The number of hydrogen-bond acceptors (Lipinski definition) is 2. The van der Waals surface area contributed by atoms with Crippen LogP contribution in [-0.2, 0) is 0 Å². The second-order valence-corrected chi connectivity index (χ2v) is 3.86. The normalized spacial score (nSPS) is 23.2. The molecule has 0 aromatic rings. The molecule has 0 aromatic heterocycles. The lowest BCUT2D eigenvalue weighted by molar-refractivity contribution is -0.134. The molecule has 7 atom stereocenters. The SMILES string of the molecule is OC(O)C(F)C(F)C(F)C(F)C(F)C(F)C(F)C(F)F. The second-order valence-electron chi connectivity index (χ2n) is 3.86. The summed E-state index contributed by atoms with van der Waals surface area (Å²) in [6.45, 7) is 0. The molecule has 0 aliphatic carbocycles. The molecule has 0 aromatic carbocycles. The number of aliphatic hydroxyl groups is 2. The number of rotatable bonds is 8. The molecular formula is C9H11F9O2.